The first-order valence-corrected chi connectivity index (χ1v) is 9.50. The van der Waals surface area contributed by atoms with Crippen LogP contribution in [0.2, 0.25) is 0 Å². The van der Waals surface area contributed by atoms with Crippen LogP contribution in [0, 0.1) is 22.7 Å². The average molecular weight is 362 g/mol. The van der Waals surface area contributed by atoms with E-state index in [0.29, 0.717) is 5.41 Å². The lowest BCUT2D eigenvalue weighted by atomic mass is 9.63. The fraction of sp³-hybridized carbons (Fsp3) is 0.714. The molecular formula is C21H30O5. The Bertz CT molecular complexity index is 634. The summed E-state index contributed by atoms with van der Waals surface area (Å²) in [5, 5.41) is 0. The van der Waals surface area contributed by atoms with Crippen LogP contribution in [-0.2, 0) is 23.8 Å². The summed E-state index contributed by atoms with van der Waals surface area (Å²) in [5.74, 6) is -1.04. The Balaban J connectivity index is 1.91. The number of fused-ring (bicyclic) bond motifs is 1. The van der Waals surface area contributed by atoms with E-state index in [1.165, 1.54) is 19.8 Å². The van der Waals surface area contributed by atoms with Gasteiger partial charge in [0.15, 0.2) is 0 Å². The minimum Gasteiger partial charge on any atom is -0.435 e. The number of hydrogen-bond donors (Lipinski definition) is 0. The largest absolute Gasteiger partial charge is 0.435 e. The van der Waals surface area contributed by atoms with E-state index in [9.17, 15) is 9.59 Å². The third-order valence-corrected chi connectivity index (χ3v) is 5.92. The summed E-state index contributed by atoms with van der Waals surface area (Å²) in [6.45, 7) is 12.3. The Hall–Kier alpha value is -1.62. The molecule has 0 aromatic rings. The van der Waals surface area contributed by atoms with Crippen LogP contribution in [0.3, 0.4) is 0 Å². The molecule has 3 fully saturated rings. The first-order chi connectivity index (χ1) is 12.1. The van der Waals surface area contributed by atoms with E-state index >= 15 is 0 Å². The molecular weight excluding hydrogens is 332 g/mol. The molecule has 3 aliphatic rings. The second kappa shape index (κ2) is 6.84. The van der Waals surface area contributed by atoms with Crippen molar-refractivity contribution >= 4 is 11.9 Å². The molecule has 3 rings (SSSR count). The summed E-state index contributed by atoms with van der Waals surface area (Å²) < 4.78 is 16.4. The van der Waals surface area contributed by atoms with Gasteiger partial charge in [-0.25, -0.2) is 0 Å². The average Bonchev–Trinajstić information content (AvgIpc) is 2.98. The van der Waals surface area contributed by atoms with Gasteiger partial charge in [-0.05, 0) is 35.7 Å². The standard InChI is InChI=1S/C21H30O5/c1-6-14(11-21(5)9-7-8-20(3,4)12-21)17-15-10-16(23)25-18(15)26-19(17)24-13(2)22/h6,11,15,17-19H,1,7-10,12H2,2-5H3/b14-11+/t15-,17+,18+,19+,21-/m1/s1. The minimum absolute atomic E-state index is 0.0492. The van der Waals surface area contributed by atoms with Crippen LogP contribution in [-0.4, -0.2) is 24.5 Å². The van der Waals surface area contributed by atoms with Crippen molar-refractivity contribution in [2.24, 2.45) is 22.7 Å². The van der Waals surface area contributed by atoms with E-state index in [1.807, 2.05) is 6.08 Å². The predicted molar refractivity (Wildman–Crippen MR) is 96.8 cm³/mol. The number of carbonyl (C=O) groups excluding carboxylic acids is 2. The Morgan fingerprint density at radius 2 is 2.04 bits per heavy atom. The van der Waals surface area contributed by atoms with E-state index in [0.717, 1.165) is 18.4 Å². The van der Waals surface area contributed by atoms with Gasteiger partial charge in [-0.15, -0.1) is 0 Å². The van der Waals surface area contributed by atoms with Crippen molar-refractivity contribution in [3.8, 4) is 0 Å². The fourth-order valence-corrected chi connectivity index (χ4v) is 5.12. The first-order valence-electron chi connectivity index (χ1n) is 9.50. The van der Waals surface area contributed by atoms with Crippen molar-refractivity contribution in [3.05, 3.63) is 24.3 Å². The zero-order chi connectivity index (χ0) is 19.1. The molecule has 0 radical (unpaired) electrons. The highest BCUT2D eigenvalue weighted by Gasteiger charge is 2.54. The van der Waals surface area contributed by atoms with Gasteiger partial charge in [0, 0.05) is 12.8 Å². The highest BCUT2D eigenvalue weighted by molar-refractivity contribution is 5.72. The molecule has 0 N–H and O–H groups in total. The molecule has 0 bridgehead atoms. The third kappa shape index (κ3) is 3.88. The molecule has 0 aromatic carbocycles. The topological polar surface area (TPSA) is 61.8 Å². The molecule has 5 nitrogen and oxygen atoms in total. The molecule has 2 aliphatic heterocycles. The monoisotopic (exact) mass is 362 g/mol. The van der Waals surface area contributed by atoms with Crippen LogP contribution in [0.15, 0.2) is 24.3 Å². The van der Waals surface area contributed by atoms with Gasteiger partial charge in [0.05, 0.1) is 12.3 Å². The van der Waals surface area contributed by atoms with Crippen LogP contribution in [0.25, 0.3) is 0 Å². The number of hydrogen-bond acceptors (Lipinski definition) is 5. The quantitative estimate of drug-likeness (QED) is 0.556. The molecule has 1 saturated carbocycles. The Morgan fingerprint density at radius 1 is 1.31 bits per heavy atom. The molecule has 0 aromatic heterocycles. The molecule has 0 spiro atoms. The maximum absolute atomic E-state index is 11.7. The van der Waals surface area contributed by atoms with Crippen LogP contribution in [0.5, 0.6) is 0 Å². The van der Waals surface area contributed by atoms with Crippen molar-refractivity contribution in [1.29, 1.82) is 0 Å². The van der Waals surface area contributed by atoms with E-state index in [4.69, 9.17) is 14.2 Å². The highest BCUT2D eigenvalue weighted by Crippen LogP contribution is 2.50. The first kappa shape index (κ1) is 19.2. The lowest BCUT2D eigenvalue weighted by Gasteiger charge is -2.42. The van der Waals surface area contributed by atoms with Gasteiger partial charge in [0.1, 0.15) is 0 Å². The van der Waals surface area contributed by atoms with Crippen molar-refractivity contribution in [1.82, 2.24) is 0 Å². The van der Waals surface area contributed by atoms with E-state index in [2.05, 4.69) is 33.4 Å². The SMILES string of the molecule is C=C/C(=C\[C@@]1(C)CCCC(C)(C)C1)[C@@H]1[C@@H](OC(C)=O)O[C@@H]2OC(=O)C[C@@H]21. The summed E-state index contributed by atoms with van der Waals surface area (Å²) >= 11 is 0. The summed E-state index contributed by atoms with van der Waals surface area (Å²) in [6.07, 6.45) is 7.62. The molecule has 0 amide bonds. The minimum atomic E-state index is -0.736. The lowest BCUT2D eigenvalue weighted by molar-refractivity contribution is -0.206. The molecule has 5 heteroatoms. The van der Waals surface area contributed by atoms with Crippen molar-refractivity contribution < 1.29 is 23.8 Å². The third-order valence-electron chi connectivity index (χ3n) is 5.92. The molecule has 5 atom stereocenters. The highest BCUT2D eigenvalue weighted by atomic mass is 16.8. The Labute approximate surface area is 155 Å². The molecule has 0 unspecified atom stereocenters. The zero-order valence-electron chi connectivity index (χ0n) is 16.2. The maximum Gasteiger partial charge on any atom is 0.308 e. The van der Waals surface area contributed by atoms with Crippen molar-refractivity contribution in [3.63, 3.8) is 0 Å². The molecule has 2 saturated heterocycles. The second-order valence-electron chi connectivity index (χ2n) is 9.06. The van der Waals surface area contributed by atoms with Crippen LogP contribution >= 0.6 is 0 Å². The fourth-order valence-electron chi connectivity index (χ4n) is 5.12. The molecule has 26 heavy (non-hydrogen) atoms. The van der Waals surface area contributed by atoms with Gasteiger partial charge < -0.3 is 14.2 Å². The smallest absolute Gasteiger partial charge is 0.308 e. The number of allylic oxidation sites excluding steroid dienone is 2. The summed E-state index contributed by atoms with van der Waals surface area (Å²) in [7, 11) is 0. The summed E-state index contributed by atoms with van der Waals surface area (Å²) in [5.41, 5.74) is 1.34. The lowest BCUT2D eigenvalue weighted by Crippen LogP contribution is -2.32. The predicted octanol–water partition coefficient (Wildman–Crippen LogP) is 4.13. The zero-order valence-corrected chi connectivity index (χ0v) is 16.2. The summed E-state index contributed by atoms with van der Waals surface area (Å²) in [4.78, 5) is 23.2. The van der Waals surface area contributed by atoms with Crippen molar-refractivity contribution in [2.45, 2.75) is 72.4 Å². The van der Waals surface area contributed by atoms with Crippen LogP contribution < -0.4 is 0 Å². The van der Waals surface area contributed by atoms with Gasteiger partial charge in [-0.3, -0.25) is 9.59 Å². The number of ether oxygens (including phenoxy) is 3. The van der Waals surface area contributed by atoms with Crippen LogP contribution in [0.1, 0.15) is 59.8 Å². The number of carbonyl (C=O) groups is 2. The van der Waals surface area contributed by atoms with Crippen LogP contribution in [0.4, 0.5) is 0 Å². The Morgan fingerprint density at radius 3 is 2.65 bits per heavy atom. The second-order valence-corrected chi connectivity index (χ2v) is 9.06. The molecule has 1 aliphatic carbocycles. The van der Waals surface area contributed by atoms with E-state index < -0.39 is 18.5 Å². The van der Waals surface area contributed by atoms with Crippen molar-refractivity contribution in [2.75, 3.05) is 0 Å². The van der Waals surface area contributed by atoms with Gasteiger partial charge in [0.25, 0.3) is 0 Å². The van der Waals surface area contributed by atoms with Gasteiger partial charge >= 0.3 is 11.9 Å². The normalized spacial score (nSPS) is 39.2. The summed E-state index contributed by atoms with van der Waals surface area (Å²) in [6, 6.07) is 0. The van der Waals surface area contributed by atoms with Gasteiger partial charge in [-0.1, -0.05) is 45.9 Å². The van der Waals surface area contributed by atoms with Gasteiger partial charge in [0.2, 0.25) is 12.6 Å². The molecule has 144 valence electrons. The van der Waals surface area contributed by atoms with E-state index in [-0.39, 0.29) is 29.6 Å². The molecule has 2 heterocycles. The number of rotatable bonds is 4. The maximum atomic E-state index is 11.7. The Kier molecular flexibility index (Phi) is 5.04. The van der Waals surface area contributed by atoms with Gasteiger partial charge in [-0.2, -0.15) is 0 Å². The number of esters is 2. The van der Waals surface area contributed by atoms with E-state index in [1.54, 1.807) is 0 Å².